The Kier molecular flexibility index (Phi) is 6.40. The number of rotatable bonds is 7. The average molecular weight is 304 g/mol. The monoisotopic (exact) mass is 304 g/mol. The van der Waals surface area contributed by atoms with Gasteiger partial charge in [-0.25, -0.2) is 0 Å². The van der Waals surface area contributed by atoms with Crippen molar-refractivity contribution in [2.24, 2.45) is 5.92 Å². The Balaban J connectivity index is 1.75. The van der Waals surface area contributed by atoms with Crippen LogP contribution in [0.5, 0.6) is 0 Å². The molecule has 0 heterocycles. The molecular weight excluding hydrogens is 280 g/mol. The van der Waals surface area contributed by atoms with Crippen LogP contribution in [-0.2, 0) is 14.3 Å². The van der Waals surface area contributed by atoms with Gasteiger partial charge in [-0.15, -0.1) is 0 Å². The zero-order valence-electron chi connectivity index (χ0n) is 13.1. The summed E-state index contributed by atoms with van der Waals surface area (Å²) in [5, 5.41) is 5.60. The molecule has 2 rings (SSSR count). The minimum absolute atomic E-state index is 0.0274. The Bertz CT molecular complexity index is 493. The molecule has 0 saturated heterocycles. The number of hydrogen-bond donors (Lipinski definition) is 2. The molecule has 0 aromatic heterocycles. The van der Waals surface area contributed by atoms with Gasteiger partial charge in [-0.05, 0) is 36.6 Å². The molecule has 1 fully saturated rings. The topological polar surface area (TPSA) is 67.4 Å². The van der Waals surface area contributed by atoms with Crippen molar-refractivity contribution in [2.75, 3.05) is 24.4 Å². The summed E-state index contributed by atoms with van der Waals surface area (Å²) in [7, 11) is 1.48. The van der Waals surface area contributed by atoms with Crippen molar-refractivity contribution in [3.63, 3.8) is 0 Å². The molecule has 0 unspecified atom stereocenters. The summed E-state index contributed by atoms with van der Waals surface area (Å²) in [4.78, 5) is 23.3. The van der Waals surface area contributed by atoms with Gasteiger partial charge in [-0.1, -0.05) is 25.7 Å². The Hall–Kier alpha value is -1.88. The van der Waals surface area contributed by atoms with Crippen molar-refractivity contribution < 1.29 is 14.3 Å². The van der Waals surface area contributed by atoms with Gasteiger partial charge in [0.15, 0.2) is 0 Å². The van der Waals surface area contributed by atoms with Crippen LogP contribution < -0.4 is 10.6 Å². The van der Waals surface area contributed by atoms with Gasteiger partial charge in [-0.2, -0.15) is 0 Å². The van der Waals surface area contributed by atoms with Crippen LogP contribution in [0.1, 0.15) is 38.5 Å². The number of anilines is 2. The number of carbonyl (C=O) groups is 2. The summed E-state index contributed by atoms with van der Waals surface area (Å²) in [6, 6.07) is 7.10. The summed E-state index contributed by atoms with van der Waals surface area (Å²) in [5.41, 5.74) is 1.44. The first-order chi connectivity index (χ1) is 10.7. The normalized spacial score (nSPS) is 14.8. The Morgan fingerprint density at radius 2 is 1.59 bits per heavy atom. The molecule has 2 amide bonds. The number of carbonyl (C=O) groups excluding carboxylic acids is 2. The summed E-state index contributed by atoms with van der Waals surface area (Å²) >= 11 is 0. The summed E-state index contributed by atoms with van der Waals surface area (Å²) < 4.78 is 4.75. The lowest BCUT2D eigenvalue weighted by molar-refractivity contribution is -0.119. The van der Waals surface area contributed by atoms with E-state index < -0.39 is 0 Å². The highest BCUT2D eigenvalue weighted by molar-refractivity contribution is 5.93. The largest absolute Gasteiger partial charge is 0.375 e. The number of hydrogen-bond acceptors (Lipinski definition) is 3. The van der Waals surface area contributed by atoms with Crippen molar-refractivity contribution in [1.82, 2.24) is 0 Å². The van der Waals surface area contributed by atoms with E-state index in [1.54, 1.807) is 24.3 Å². The van der Waals surface area contributed by atoms with Gasteiger partial charge in [0.1, 0.15) is 6.61 Å². The van der Waals surface area contributed by atoms with Gasteiger partial charge in [0, 0.05) is 24.9 Å². The lowest BCUT2D eigenvalue weighted by Crippen LogP contribution is -2.17. The molecule has 1 aromatic rings. The predicted molar refractivity (Wildman–Crippen MR) is 86.8 cm³/mol. The van der Waals surface area contributed by atoms with Crippen LogP contribution in [0.4, 0.5) is 11.4 Å². The summed E-state index contributed by atoms with van der Waals surface area (Å²) in [6.07, 6.45) is 6.71. The molecule has 5 nitrogen and oxygen atoms in total. The second-order valence-electron chi connectivity index (χ2n) is 5.80. The zero-order valence-corrected chi connectivity index (χ0v) is 13.1. The van der Waals surface area contributed by atoms with E-state index in [1.165, 1.54) is 32.8 Å². The number of ether oxygens (including phenoxy) is 1. The SMILES string of the molecule is COCC(=O)Nc1ccc(NC(=O)CCC2CCCC2)cc1. The molecule has 2 N–H and O–H groups in total. The van der Waals surface area contributed by atoms with Gasteiger partial charge < -0.3 is 15.4 Å². The van der Waals surface area contributed by atoms with E-state index in [0.29, 0.717) is 12.1 Å². The van der Waals surface area contributed by atoms with Gasteiger partial charge in [0.2, 0.25) is 11.8 Å². The second-order valence-corrected chi connectivity index (χ2v) is 5.80. The van der Waals surface area contributed by atoms with Crippen LogP contribution in [-0.4, -0.2) is 25.5 Å². The van der Waals surface area contributed by atoms with Gasteiger partial charge in [-0.3, -0.25) is 9.59 Å². The third-order valence-corrected chi connectivity index (χ3v) is 3.98. The smallest absolute Gasteiger partial charge is 0.250 e. The number of nitrogens with one attached hydrogen (secondary N) is 2. The number of benzene rings is 1. The van der Waals surface area contributed by atoms with E-state index in [0.717, 1.165) is 18.0 Å². The van der Waals surface area contributed by atoms with Gasteiger partial charge in [0.25, 0.3) is 0 Å². The first-order valence-electron chi connectivity index (χ1n) is 7.86. The van der Waals surface area contributed by atoms with E-state index >= 15 is 0 Å². The van der Waals surface area contributed by atoms with Crippen molar-refractivity contribution in [1.29, 1.82) is 0 Å². The van der Waals surface area contributed by atoms with Crippen molar-refractivity contribution in [3.05, 3.63) is 24.3 Å². The van der Waals surface area contributed by atoms with Crippen LogP contribution in [0.2, 0.25) is 0 Å². The maximum Gasteiger partial charge on any atom is 0.250 e. The third-order valence-electron chi connectivity index (χ3n) is 3.98. The van der Waals surface area contributed by atoms with E-state index in [-0.39, 0.29) is 18.4 Å². The fraction of sp³-hybridized carbons (Fsp3) is 0.529. The molecule has 1 aliphatic rings. The lowest BCUT2D eigenvalue weighted by Gasteiger charge is -2.10. The molecule has 120 valence electrons. The first-order valence-corrected chi connectivity index (χ1v) is 7.86. The fourth-order valence-electron chi connectivity index (χ4n) is 2.82. The minimum Gasteiger partial charge on any atom is -0.375 e. The van der Waals surface area contributed by atoms with Crippen molar-refractivity contribution in [3.8, 4) is 0 Å². The molecule has 5 heteroatoms. The first kappa shape index (κ1) is 16.5. The van der Waals surface area contributed by atoms with Crippen molar-refractivity contribution in [2.45, 2.75) is 38.5 Å². The van der Waals surface area contributed by atoms with E-state index in [9.17, 15) is 9.59 Å². The quantitative estimate of drug-likeness (QED) is 0.813. The Morgan fingerprint density at radius 3 is 2.14 bits per heavy atom. The highest BCUT2D eigenvalue weighted by Crippen LogP contribution is 2.28. The Labute approximate surface area is 131 Å². The predicted octanol–water partition coefficient (Wildman–Crippen LogP) is 3.18. The van der Waals surface area contributed by atoms with Gasteiger partial charge >= 0.3 is 0 Å². The van der Waals surface area contributed by atoms with Crippen LogP contribution in [0.25, 0.3) is 0 Å². The molecule has 0 atom stereocenters. The highest BCUT2D eigenvalue weighted by Gasteiger charge is 2.16. The maximum atomic E-state index is 11.9. The molecule has 1 saturated carbocycles. The summed E-state index contributed by atoms with van der Waals surface area (Å²) in [6.45, 7) is 0.0274. The second kappa shape index (κ2) is 8.54. The molecular formula is C17H24N2O3. The molecule has 1 aromatic carbocycles. The van der Waals surface area contributed by atoms with Crippen LogP contribution in [0.3, 0.4) is 0 Å². The number of methoxy groups -OCH3 is 1. The van der Waals surface area contributed by atoms with Crippen LogP contribution in [0, 0.1) is 5.92 Å². The standard InChI is InChI=1S/C17H24N2O3/c1-22-12-17(21)19-15-9-7-14(8-10-15)18-16(20)11-6-13-4-2-3-5-13/h7-10,13H,2-6,11-12H2,1H3,(H,18,20)(H,19,21). The molecule has 0 bridgehead atoms. The molecule has 0 aliphatic heterocycles. The fourth-order valence-corrected chi connectivity index (χ4v) is 2.82. The van der Waals surface area contributed by atoms with E-state index in [4.69, 9.17) is 4.74 Å². The molecule has 22 heavy (non-hydrogen) atoms. The minimum atomic E-state index is -0.198. The molecule has 0 spiro atoms. The van der Waals surface area contributed by atoms with Crippen LogP contribution >= 0.6 is 0 Å². The Morgan fingerprint density at radius 1 is 1.05 bits per heavy atom. The third kappa shape index (κ3) is 5.48. The maximum absolute atomic E-state index is 11.9. The van der Waals surface area contributed by atoms with E-state index in [1.807, 2.05) is 0 Å². The molecule has 0 radical (unpaired) electrons. The summed E-state index contributed by atoms with van der Waals surface area (Å²) in [5.74, 6) is 0.586. The highest BCUT2D eigenvalue weighted by atomic mass is 16.5. The molecule has 1 aliphatic carbocycles. The van der Waals surface area contributed by atoms with Crippen molar-refractivity contribution >= 4 is 23.2 Å². The van der Waals surface area contributed by atoms with E-state index in [2.05, 4.69) is 10.6 Å². The van der Waals surface area contributed by atoms with Gasteiger partial charge in [0.05, 0.1) is 0 Å². The average Bonchev–Trinajstić information content (AvgIpc) is 3.01. The van der Waals surface area contributed by atoms with Crippen LogP contribution in [0.15, 0.2) is 24.3 Å². The zero-order chi connectivity index (χ0) is 15.8. The number of amides is 2. The lowest BCUT2D eigenvalue weighted by atomic mass is 10.0.